The molecule has 0 radical (unpaired) electrons. The number of rotatable bonds is 1. The van der Waals surface area contributed by atoms with Gasteiger partial charge in [-0.25, -0.2) is 0 Å². The van der Waals surface area contributed by atoms with Gasteiger partial charge in [0.25, 0.3) is 0 Å². The van der Waals surface area contributed by atoms with Gasteiger partial charge in [0.05, 0.1) is 0 Å². The van der Waals surface area contributed by atoms with Gasteiger partial charge in [0, 0.05) is 6.42 Å². The van der Waals surface area contributed by atoms with Crippen molar-refractivity contribution in [1.29, 1.82) is 0 Å². The molecule has 0 fully saturated rings. The van der Waals surface area contributed by atoms with Gasteiger partial charge in [-0.15, -0.1) is 0 Å². The van der Waals surface area contributed by atoms with Crippen molar-refractivity contribution in [2.75, 3.05) is 0 Å². The summed E-state index contributed by atoms with van der Waals surface area (Å²) in [7, 11) is 0. The highest BCUT2D eigenvalue weighted by atomic mass is 16.1. The largest absolute Gasteiger partial charge is 0.303 e. The molecule has 0 aromatic carbocycles. The van der Waals surface area contributed by atoms with E-state index < -0.39 is 0 Å². The summed E-state index contributed by atoms with van der Waals surface area (Å²) in [5.41, 5.74) is 0. The SMILES string of the molecule is CC.CC(C)C.CCC=O. The topological polar surface area (TPSA) is 17.1 Å². The highest BCUT2D eigenvalue weighted by Gasteiger charge is 1.68. The molecule has 0 saturated heterocycles. The van der Waals surface area contributed by atoms with Crippen molar-refractivity contribution in [3.05, 3.63) is 0 Å². The Morgan fingerprint density at radius 2 is 1.30 bits per heavy atom. The number of carbonyl (C=O) groups excluding carboxylic acids is 1. The first-order chi connectivity index (χ1) is 4.65. The number of hydrogen-bond donors (Lipinski definition) is 0. The molecule has 0 amide bonds. The Morgan fingerprint density at radius 1 is 1.20 bits per heavy atom. The van der Waals surface area contributed by atoms with Crippen molar-refractivity contribution in [1.82, 2.24) is 0 Å². The Balaban J connectivity index is -0.0000000787. The molecule has 0 heterocycles. The summed E-state index contributed by atoms with van der Waals surface area (Å²) < 4.78 is 0. The predicted molar refractivity (Wildman–Crippen MR) is 48.2 cm³/mol. The van der Waals surface area contributed by atoms with Crippen molar-refractivity contribution < 1.29 is 4.79 Å². The second kappa shape index (κ2) is 23.4. The summed E-state index contributed by atoms with van der Waals surface area (Å²) in [5, 5.41) is 0. The molecule has 0 atom stereocenters. The van der Waals surface area contributed by atoms with Gasteiger partial charge in [0.1, 0.15) is 6.29 Å². The Hall–Kier alpha value is -0.330. The monoisotopic (exact) mass is 146 g/mol. The second-order valence-corrected chi connectivity index (χ2v) is 2.31. The zero-order chi connectivity index (χ0) is 8.99. The molecule has 0 aliphatic carbocycles. The molecule has 0 aliphatic rings. The minimum atomic E-state index is 0.639. The summed E-state index contributed by atoms with van der Waals surface area (Å²) in [6, 6.07) is 0. The van der Waals surface area contributed by atoms with Gasteiger partial charge in [-0.05, 0) is 5.92 Å². The smallest absolute Gasteiger partial charge is 0.119 e. The van der Waals surface area contributed by atoms with Crippen LogP contribution in [0.25, 0.3) is 0 Å². The molecule has 0 aliphatic heterocycles. The Bertz CT molecular complexity index is 37.2. The van der Waals surface area contributed by atoms with Gasteiger partial charge in [-0.2, -0.15) is 0 Å². The van der Waals surface area contributed by atoms with Crippen LogP contribution in [-0.4, -0.2) is 6.29 Å². The van der Waals surface area contributed by atoms with E-state index in [4.69, 9.17) is 0 Å². The van der Waals surface area contributed by atoms with E-state index in [2.05, 4.69) is 20.8 Å². The van der Waals surface area contributed by atoms with Crippen LogP contribution in [-0.2, 0) is 4.79 Å². The minimum Gasteiger partial charge on any atom is -0.303 e. The first kappa shape index (κ1) is 16.3. The number of hydrogen-bond acceptors (Lipinski definition) is 1. The summed E-state index contributed by atoms with van der Waals surface area (Å²) in [5.74, 6) is 0.833. The predicted octanol–water partition coefficient (Wildman–Crippen LogP) is 3.28. The molecular weight excluding hydrogens is 124 g/mol. The molecule has 0 N–H and O–H groups in total. The molecule has 64 valence electrons. The lowest BCUT2D eigenvalue weighted by Gasteiger charge is -1.79. The Kier molecular flexibility index (Phi) is 38.2. The number of carbonyl (C=O) groups is 1. The quantitative estimate of drug-likeness (QED) is 0.519. The van der Waals surface area contributed by atoms with E-state index in [1.165, 1.54) is 0 Å². The van der Waals surface area contributed by atoms with Crippen LogP contribution in [0, 0.1) is 5.92 Å². The van der Waals surface area contributed by atoms with Crippen LogP contribution < -0.4 is 0 Å². The lowest BCUT2D eigenvalue weighted by atomic mass is 10.3. The molecule has 0 rings (SSSR count). The highest BCUT2D eigenvalue weighted by molar-refractivity contribution is 5.48. The average molecular weight is 146 g/mol. The molecule has 0 aromatic rings. The van der Waals surface area contributed by atoms with E-state index in [-0.39, 0.29) is 0 Å². The lowest BCUT2D eigenvalue weighted by Crippen LogP contribution is -1.66. The molecule has 0 spiro atoms. The Morgan fingerprint density at radius 3 is 1.30 bits per heavy atom. The van der Waals surface area contributed by atoms with Crippen molar-refractivity contribution in [3.63, 3.8) is 0 Å². The van der Waals surface area contributed by atoms with Crippen LogP contribution in [0.1, 0.15) is 48.0 Å². The zero-order valence-electron chi connectivity index (χ0n) is 8.27. The van der Waals surface area contributed by atoms with Crippen LogP contribution in [0.4, 0.5) is 0 Å². The third kappa shape index (κ3) is 760. The maximum Gasteiger partial charge on any atom is 0.119 e. The fourth-order valence-electron chi connectivity index (χ4n) is 0. The van der Waals surface area contributed by atoms with Gasteiger partial charge < -0.3 is 4.79 Å². The zero-order valence-corrected chi connectivity index (χ0v) is 8.27. The van der Waals surface area contributed by atoms with Gasteiger partial charge in [-0.1, -0.05) is 41.5 Å². The van der Waals surface area contributed by atoms with E-state index in [1.807, 2.05) is 20.8 Å². The molecule has 1 heteroatoms. The fourth-order valence-corrected chi connectivity index (χ4v) is 0. The van der Waals surface area contributed by atoms with Crippen LogP contribution >= 0.6 is 0 Å². The van der Waals surface area contributed by atoms with E-state index in [1.54, 1.807) is 0 Å². The minimum absolute atomic E-state index is 0.639. The molecular formula is C9H22O. The molecule has 10 heavy (non-hydrogen) atoms. The summed E-state index contributed by atoms with van der Waals surface area (Å²) in [6.45, 7) is 12.3. The first-order valence-electron chi connectivity index (χ1n) is 4.08. The molecule has 1 nitrogen and oxygen atoms in total. The van der Waals surface area contributed by atoms with E-state index in [0.29, 0.717) is 6.42 Å². The van der Waals surface area contributed by atoms with Crippen molar-refractivity contribution in [2.24, 2.45) is 5.92 Å². The Labute approximate surface area is 65.8 Å². The second-order valence-electron chi connectivity index (χ2n) is 2.31. The fraction of sp³-hybridized carbons (Fsp3) is 0.889. The summed E-state index contributed by atoms with van der Waals surface area (Å²) in [6.07, 6.45) is 1.51. The highest BCUT2D eigenvalue weighted by Crippen LogP contribution is 1.81. The van der Waals surface area contributed by atoms with E-state index in [0.717, 1.165) is 12.2 Å². The van der Waals surface area contributed by atoms with Crippen molar-refractivity contribution >= 4 is 6.29 Å². The van der Waals surface area contributed by atoms with E-state index in [9.17, 15) is 4.79 Å². The summed E-state index contributed by atoms with van der Waals surface area (Å²) in [4.78, 5) is 9.17. The maximum absolute atomic E-state index is 9.17. The van der Waals surface area contributed by atoms with Crippen LogP contribution in [0.15, 0.2) is 0 Å². The van der Waals surface area contributed by atoms with Crippen LogP contribution in [0.5, 0.6) is 0 Å². The summed E-state index contributed by atoms with van der Waals surface area (Å²) >= 11 is 0. The molecule has 0 aromatic heterocycles. The van der Waals surface area contributed by atoms with Gasteiger partial charge in [0.15, 0.2) is 0 Å². The van der Waals surface area contributed by atoms with Gasteiger partial charge in [0.2, 0.25) is 0 Å². The third-order valence-corrected chi connectivity index (χ3v) is 0.167. The average Bonchev–Trinajstić information content (AvgIpc) is 1.91. The van der Waals surface area contributed by atoms with Crippen molar-refractivity contribution in [2.45, 2.75) is 48.0 Å². The third-order valence-electron chi connectivity index (χ3n) is 0.167. The van der Waals surface area contributed by atoms with Gasteiger partial charge in [-0.3, -0.25) is 0 Å². The van der Waals surface area contributed by atoms with Crippen molar-refractivity contribution in [3.8, 4) is 0 Å². The lowest BCUT2D eigenvalue weighted by molar-refractivity contribution is -0.107. The molecule has 0 unspecified atom stereocenters. The maximum atomic E-state index is 9.17. The number of aldehydes is 1. The van der Waals surface area contributed by atoms with Crippen LogP contribution in [0.2, 0.25) is 0 Å². The van der Waals surface area contributed by atoms with Gasteiger partial charge >= 0.3 is 0 Å². The molecule has 0 saturated carbocycles. The first-order valence-corrected chi connectivity index (χ1v) is 4.08. The standard InChI is InChI=1S/C4H10.C3H6O.C2H6/c1-4(2)3;1-2-3-4;1-2/h4H,1-3H3;3H,2H2,1H3;1-2H3. The van der Waals surface area contributed by atoms with Crippen LogP contribution in [0.3, 0.4) is 0 Å². The molecule has 0 bridgehead atoms. The normalized spacial score (nSPS) is 6.70. The van der Waals surface area contributed by atoms with E-state index >= 15 is 0 Å².